The Labute approximate surface area is 141 Å². The zero-order chi connectivity index (χ0) is 16.8. The van der Waals surface area contributed by atoms with Crippen molar-refractivity contribution in [3.63, 3.8) is 0 Å². The summed E-state index contributed by atoms with van der Waals surface area (Å²) < 4.78 is 11.2. The summed E-state index contributed by atoms with van der Waals surface area (Å²) in [5, 5.41) is 9.92. The number of hydrogen-bond acceptors (Lipinski definition) is 4. The van der Waals surface area contributed by atoms with Crippen molar-refractivity contribution < 1.29 is 14.6 Å². The predicted octanol–water partition coefficient (Wildman–Crippen LogP) is 4.98. The summed E-state index contributed by atoms with van der Waals surface area (Å²) in [5.74, 6) is 1.28. The maximum atomic E-state index is 9.45. The van der Waals surface area contributed by atoms with Crippen LogP contribution in [-0.4, -0.2) is 24.5 Å². The van der Waals surface area contributed by atoms with Gasteiger partial charge in [-0.3, -0.25) is 4.99 Å². The van der Waals surface area contributed by atoms with E-state index in [1.165, 1.54) is 0 Å². The first-order valence-corrected chi connectivity index (χ1v) is 7.78. The van der Waals surface area contributed by atoms with Crippen molar-refractivity contribution in [1.29, 1.82) is 0 Å². The lowest BCUT2D eigenvalue weighted by Crippen LogP contribution is -2.11. The summed E-state index contributed by atoms with van der Waals surface area (Å²) in [5.41, 5.74) is 1.44. The summed E-state index contributed by atoms with van der Waals surface area (Å²) in [6.07, 6.45) is 2.59. The maximum Gasteiger partial charge on any atom is 0.180 e. The molecule has 0 aliphatic carbocycles. The van der Waals surface area contributed by atoms with Crippen LogP contribution in [0.4, 0.5) is 5.69 Å². The highest BCUT2D eigenvalue weighted by molar-refractivity contribution is 6.32. The fourth-order valence-corrected chi connectivity index (χ4v) is 2.20. The molecular formula is C18H20ClNO3. The zero-order valence-corrected chi connectivity index (χ0v) is 14.2. The minimum Gasteiger partial charge on any atom is -0.508 e. The van der Waals surface area contributed by atoms with Crippen LogP contribution in [-0.2, 0) is 0 Å². The largest absolute Gasteiger partial charge is 0.508 e. The topological polar surface area (TPSA) is 51.0 Å². The lowest BCUT2D eigenvalue weighted by atomic mass is 10.2. The van der Waals surface area contributed by atoms with Crippen LogP contribution in [0.2, 0.25) is 5.02 Å². The lowest BCUT2D eigenvalue weighted by Gasteiger charge is -2.17. The van der Waals surface area contributed by atoms with Crippen LogP contribution < -0.4 is 9.47 Å². The van der Waals surface area contributed by atoms with Crippen LogP contribution in [0.3, 0.4) is 0 Å². The Hall–Kier alpha value is -2.20. The van der Waals surface area contributed by atoms with E-state index in [-0.39, 0.29) is 11.9 Å². The molecule has 0 aliphatic rings. The van der Waals surface area contributed by atoms with Gasteiger partial charge < -0.3 is 14.6 Å². The normalized spacial score (nSPS) is 12.3. The number of phenolic OH excluding ortho intramolecular Hbond substituents is 1. The molecule has 0 aliphatic heterocycles. The van der Waals surface area contributed by atoms with Gasteiger partial charge in [-0.25, -0.2) is 0 Å². The second-order valence-corrected chi connectivity index (χ2v) is 5.56. The number of phenols is 1. The molecule has 1 N–H and O–H groups in total. The standard InChI is InChI=1S/C18H20ClNO3/c1-4-12(2)23-18-16(19)8-13(9-17(18)22-3)11-20-14-6-5-7-15(21)10-14/h5-12,21H,4H2,1-3H3/t12-/m1/s1. The minimum atomic E-state index is 0.0493. The number of hydrogen-bond donors (Lipinski definition) is 1. The Morgan fingerprint density at radius 3 is 2.74 bits per heavy atom. The van der Waals surface area contributed by atoms with Gasteiger partial charge in [-0.05, 0) is 43.2 Å². The van der Waals surface area contributed by atoms with Crippen LogP contribution in [0.25, 0.3) is 0 Å². The molecule has 0 spiro atoms. The summed E-state index contributed by atoms with van der Waals surface area (Å²) in [6, 6.07) is 10.3. The number of ether oxygens (including phenoxy) is 2. The number of methoxy groups -OCH3 is 1. The molecule has 0 unspecified atom stereocenters. The molecule has 0 saturated heterocycles. The quantitative estimate of drug-likeness (QED) is 0.758. The van der Waals surface area contributed by atoms with Crippen LogP contribution in [0.1, 0.15) is 25.8 Å². The smallest absolute Gasteiger partial charge is 0.180 e. The molecule has 0 aromatic heterocycles. The zero-order valence-electron chi connectivity index (χ0n) is 13.4. The van der Waals surface area contributed by atoms with E-state index in [1.54, 1.807) is 43.7 Å². The molecule has 4 nitrogen and oxygen atoms in total. The minimum absolute atomic E-state index is 0.0493. The van der Waals surface area contributed by atoms with Gasteiger partial charge in [0.1, 0.15) is 5.75 Å². The number of nitrogens with zero attached hydrogens (tertiary/aromatic N) is 1. The van der Waals surface area contributed by atoms with Gasteiger partial charge in [0.2, 0.25) is 0 Å². The van der Waals surface area contributed by atoms with Crippen molar-refractivity contribution in [3.05, 3.63) is 47.0 Å². The average Bonchev–Trinajstić information content (AvgIpc) is 2.54. The van der Waals surface area contributed by atoms with E-state index in [2.05, 4.69) is 4.99 Å². The van der Waals surface area contributed by atoms with Gasteiger partial charge >= 0.3 is 0 Å². The Bertz CT molecular complexity index is 701. The van der Waals surface area contributed by atoms with E-state index >= 15 is 0 Å². The highest BCUT2D eigenvalue weighted by atomic mass is 35.5. The van der Waals surface area contributed by atoms with Crippen molar-refractivity contribution in [3.8, 4) is 17.2 Å². The molecule has 0 fully saturated rings. The van der Waals surface area contributed by atoms with Crippen molar-refractivity contribution in [2.75, 3.05) is 7.11 Å². The molecule has 0 amide bonds. The molecule has 0 heterocycles. The average molecular weight is 334 g/mol. The fourth-order valence-electron chi connectivity index (χ4n) is 1.94. The van der Waals surface area contributed by atoms with Crippen molar-refractivity contribution in [2.45, 2.75) is 26.4 Å². The van der Waals surface area contributed by atoms with Crippen molar-refractivity contribution in [1.82, 2.24) is 0 Å². The van der Waals surface area contributed by atoms with Gasteiger partial charge in [0.15, 0.2) is 11.5 Å². The molecule has 122 valence electrons. The van der Waals surface area contributed by atoms with Crippen LogP contribution in [0.5, 0.6) is 17.2 Å². The van der Waals surface area contributed by atoms with Crippen LogP contribution in [0, 0.1) is 0 Å². The maximum absolute atomic E-state index is 9.45. The lowest BCUT2D eigenvalue weighted by molar-refractivity contribution is 0.208. The molecule has 5 heteroatoms. The third kappa shape index (κ3) is 4.63. The van der Waals surface area contributed by atoms with Gasteiger partial charge in [0.05, 0.1) is 23.9 Å². The fraction of sp³-hybridized carbons (Fsp3) is 0.278. The molecule has 0 saturated carbocycles. The Kier molecular flexibility index (Phi) is 5.88. The monoisotopic (exact) mass is 333 g/mol. The van der Waals surface area contributed by atoms with E-state index in [9.17, 15) is 5.11 Å². The molecule has 2 aromatic rings. The second kappa shape index (κ2) is 7.88. The van der Waals surface area contributed by atoms with Gasteiger partial charge in [-0.1, -0.05) is 24.6 Å². The van der Waals surface area contributed by atoms with Crippen molar-refractivity contribution in [2.24, 2.45) is 4.99 Å². The third-order valence-corrected chi connectivity index (χ3v) is 3.62. The Morgan fingerprint density at radius 1 is 1.30 bits per heavy atom. The van der Waals surface area contributed by atoms with Crippen molar-refractivity contribution >= 4 is 23.5 Å². The Morgan fingerprint density at radius 2 is 2.09 bits per heavy atom. The third-order valence-electron chi connectivity index (χ3n) is 3.34. The molecule has 0 radical (unpaired) electrons. The molecule has 2 aromatic carbocycles. The highest BCUT2D eigenvalue weighted by Crippen LogP contribution is 2.37. The number of aliphatic imine (C=N–C) groups is 1. The Balaban J connectivity index is 2.28. The first kappa shape index (κ1) is 17.2. The molecule has 2 rings (SSSR count). The van der Waals surface area contributed by atoms with Gasteiger partial charge in [0, 0.05) is 12.3 Å². The predicted molar refractivity (Wildman–Crippen MR) is 93.7 cm³/mol. The summed E-state index contributed by atoms with van der Waals surface area (Å²) >= 11 is 6.31. The second-order valence-electron chi connectivity index (χ2n) is 5.15. The molecule has 23 heavy (non-hydrogen) atoms. The van der Waals surface area contributed by atoms with E-state index in [0.29, 0.717) is 22.2 Å². The first-order chi connectivity index (χ1) is 11.0. The van der Waals surface area contributed by atoms with Gasteiger partial charge in [-0.2, -0.15) is 0 Å². The van der Waals surface area contributed by atoms with E-state index < -0.39 is 0 Å². The molecule has 0 bridgehead atoms. The number of benzene rings is 2. The first-order valence-electron chi connectivity index (χ1n) is 7.40. The SMILES string of the molecule is CC[C@@H](C)Oc1c(Cl)cc(C=Nc2cccc(O)c2)cc1OC. The van der Waals surface area contributed by atoms with Gasteiger partial charge in [-0.15, -0.1) is 0 Å². The number of aromatic hydroxyl groups is 1. The summed E-state index contributed by atoms with van der Waals surface area (Å²) in [4.78, 5) is 4.32. The van der Waals surface area contributed by atoms with Crippen LogP contribution >= 0.6 is 11.6 Å². The van der Waals surface area contributed by atoms with E-state index in [4.69, 9.17) is 21.1 Å². The van der Waals surface area contributed by atoms with Gasteiger partial charge in [0.25, 0.3) is 0 Å². The van der Waals surface area contributed by atoms with E-state index in [1.807, 2.05) is 19.9 Å². The summed E-state index contributed by atoms with van der Waals surface area (Å²) in [6.45, 7) is 4.02. The molecular weight excluding hydrogens is 314 g/mol. The van der Waals surface area contributed by atoms with E-state index in [0.717, 1.165) is 12.0 Å². The van der Waals surface area contributed by atoms with Crippen LogP contribution in [0.15, 0.2) is 41.4 Å². The summed E-state index contributed by atoms with van der Waals surface area (Å²) in [7, 11) is 1.57. The molecule has 1 atom stereocenters. The number of rotatable bonds is 6. The highest BCUT2D eigenvalue weighted by Gasteiger charge is 2.13. The number of halogens is 1.